The van der Waals surface area contributed by atoms with Gasteiger partial charge in [0.2, 0.25) is 0 Å². The zero-order valence-electron chi connectivity index (χ0n) is 10.5. The van der Waals surface area contributed by atoms with Crippen LogP contribution in [0.1, 0.15) is 31.7 Å². The molecule has 1 saturated heterocycles. The standard InChI is InChI=1S/C14H19F2N/c1-14(7-3-4-8-17(14)2)10-11-5-6-12(15)13(16)9-11/h5-6,9H,3-4,7-8,10H2,1-2H3. The first-order valence-corrected chi connectivity index (χ1v) is 6.16. The van der Waals surface area contributed by atoms with E-state index in [0.29, 0.717) is 0 Å². The summed E-state index contributed by atoms with van der Waals surface area (Å²) in [6.45, 7) is 3.29. The van der Waals surface area contributed by atoms with Gasteiger partial charge in [-0.2, -0.15) is 0 Å². The van der Waals surface area contributed by atoms with Crippen molar-refractivity contribution in [3.8, 4) is 0 Å². The van der Waals surface area contributed by atoms with Gasteiger partial charge in [0, 0.05) is 5.54 Å². The Bertz CT molecular complexity index is 405. The first-order valence-electron chi connectivity index (χ1n) is 6.16. The number of hydrogen-bond donors (Lipinski definition) is 0. The van der Waals surface area contributed by atoms with Crippen LogP contribution >= 0.6 is 0 Å². The van der Waals surface area contributed by atoms with Crippen LogP contribution in [-0.2, 0) is 6.42 Å². The maximum atomic E-state index is 13.2. The van der Waals surface area contributed by atoms with Crippen molar-refractivity contribution in [3.05, 3.63) is 35.4 Å². The predicted molar refractivity (Wildman–Crippen MR) is 64.9 cm³/mol. The monoisotopic (exact) mass is 239 g/mol. The van der Waals surface area contributed by atoms with E-state index >= 15 is 0 Å². The minimum atomic E-state index is -0.768. The maximum absolute atomic E-state index is 13.2. The summed E-state index contributed by atoms with van der Waals surface area (Å²) in [5.41, 5.74) is 0.947. The fourth-order valence-corrected chi connectivity index (χ4v) is 2.63. The zero-order valence-corrected chi connectivity index (χ0v) is 10.5. The molecule has 0 radical (unpaired) electrons. The third-order valence-electron chi connectivity index (χ3n) is 3.95. The number of benzene rings is 1. The molecule has 17 heavy (non-hydrogen) atoms. The van der Waals surface area contributed by atoms with Crippen LogP contribution < -0.4 is 0 Å². The summed E-state index contributed by atoms with van der Waals surface area (Å²) in [6.07, 6.45) is 4.33. The van der Waals surface area contributed by atoms with Crippen molar-refractivity contribution >= 4 is 0 Å². The summed E-state index contributed by atoms with van der Waals surface area (Å²) in [6, 6.07) is 4.23. The van der Waals surface area contributed by atoms with E-state index in [1.54, 1.807) is 6.07 Å². The first-order chi connectivity index (χ1) is 8.01. The van der Waals surface area contributed by atoms with Crippen molar-refractivity contribution in [3.63, 3.8) is 0 Å². The Morgan fingerprint density at radius 2 is 2.00 bits per heavy atom. The summed E-state index contributed by atoms with van der Waals surface area (Å²) in [7, 11) is 2.11. The van der Waals surface area contributed by atoms with Crippen LogP contribution in [0.3, 0.4) is 0 Å². The number of rotatable bonds is 2. The second-order valence-electron chi connectivity index (χ2n) is 5.30. The van der Waals surface area contributed by atoms with Gasteiger partial charge in [-0.05, 0) is 57.5 Å². The number of piperidine rings is 1. The van der Waals surface area contributed by atoms with Crippen LogP contribution in [0.4, 0.5) is 8.78 Å². The molecule has 1 aliphatic heterocycles. The SMILES string of the molecule is CN1CCCCC1(C)Cc1ccc(F)c(F)c1. The lowest BCUT2D eigenvalue weighted by Crippen LogP contribution is -2.48. The highest BCUT2D eigenvalue weighted by Crippen LogP contribution is 2.30. The zero-order chi connectivity index (χ0) is 12.5. The van der Waals surface area contributed by atoms with E-state index < -0.39 is 11.6 Å². The van der Waals surface area contributed by atoms with E-state index in [1.165, 1.54) is 25.0 Å². The Morgan fingerprint density at radius 1 is 1.24 bits per heavy atom. The third-order valence-corrected chi connectivity index (χ3v) is 3.95. The van der Waals surface area contributed by atoms with Gasteiger partial charge in [-0.3, -0.25) is 0 Å². The molecule has 0 bridgehead atoms. The second kappa shape index (κ2) is 4.73. The molecule has 0 amide bonds. The Morgan fingerprint density at radius 3 is 2.65 bits per heavy atom. The van der Waals surface area contributed by atoms with Crippen molar-refractivity contribution in [1.29, 1.82) is 0 Å². The third kappa shape index (κ3) is 2.65. The average Bonchev–Trinajstić information content (AvgIpc) is 2.28. The lowest BCUT2D eigenvalue weighted by Gasteiger charge is -2.43. The summed E-state index contributed by atoms with van der Waals surface area (Å²) in [5, 5.41) is 0. The van der Waals surface area contributed by atoms with E-state index in [-0.39, 0.29) is 5.54 Å². The molecule has 0 N–H and O–H groups in total. The molecule has 1 aromatic rings. The molecular weight excluding hydrogens is 220 g/mol. The summed E-state index contributed by atoms with van der Waals surface area (Å²) < 4.78 is 26.0. The number of likely N-dealkylation sites (tertiary alicyclic amines) is 1. The van der Waals surface area contributed by atoms with Crippen LogP contribution in [0.5, 0.6) is 0 Å². The Balaban J connectivity index is 2.16. The molecule has 1 unspecified atom stereocenters. The number of nitrogens with zero attached hydrogens (tertiary/aromatic N) is 1. The lowest BCUT2D eigenvalue weighted by atomic mass is 9.83. The summed E-state index contributed by atoms with van der Waals surface area (Å²) >= 11 is 0. The van der Waals surface area contributed by atoms with Gasteiger partial charge in [-0.1, -0.05) is 12.5 Å². The molecule has 2 rings (SSSR count). The van der Waals surface area contributed by atoms with E-state index in [9.17, 15) is 8.78 Å². The van der Waals surface area contributed by atoms with E-state index in [1.807, 2.05) is 0 Å². The van der Waals surface area contributed by atoms with Gasteiger partial charge >= 0.3 is 0 Å². The minimum Gasteiger partial charge on any atom is -0.301 e. The van der Waals surface area contributed by atoms with Gasteiger partial charge in [0.05, 0.1) is 0 Å². The highest BCUT2D eigenvalue weighted by atomic mass is 19.2. The van der Waals surface area contributed by atoms with Crippen molar-refractivity contribution in [2.45, 2.75) is 38.1 Å². The highest BCUT2D eigenvalue weighted by Gasteiger charge is 2.31. The average molecular weight is 239 g/mol. The quantitative estimate of drug-likeness (QED) is 0.764. The van der Waals surface area contributed by atoms with E-state index in [0.717, 1.165) is 24.9 Å². The molecule has 94 valence electrons. The normalized spacial score (nSPS) is 26.1. The van der Waals surface area contributed by atoms with Crippen molar-refractivity contribution in [2.75, 3.05) is 13.6 Å². The molecule has 0 saturated carbocycles. The molecule has 1 nitrogen and oxygen atoms in total. The predicted octanol–water partition coefficient (Wildman–Crippen LogP) is 3.38. The molecule has 0 spiro atoms. The minimum absolute atomic E-state index is 0.0719. The van der Waals surface area contributed by atoms with Crippen LogP contribution in [0, 0.1) is 11.6 Å². The lowest BCUT2D eigenvalue weighted by molar-refractivity contribution is 0.0901. The topological polar surface area (TPSA) is 3.24 Å². The van der Waals surface area contributed by atoms with Crippen LogP contribution in [0.2, 0.25) is 0 Å². The molecule has 1 aromatic carbocycles. The molecule has 0 aliphatic carbocycles. The van der Waals surface area contributed by atoms with Gasteiger partial charge in [-0.25, -0.2) is 8.78 Å². The van der Waals surface area contributed by atoms with Crippen molar-refractivity contribution in [1.82, 2.24) is 4.90 Å². The van der Waals surface area contributed by atoms with Gasteiger partial charge in [0.1, 0.15) is 0 Å². The van der Waals surface area contributed by atoms with Crippen LogP contribution in [-0.4, -0.2) is 24.0 Å². The molecule has 3 heteroatoms. The van der Waals surface area contributed by atoms with Crippen LogP contribution in [0.15, 0.2) is 18.2 Å². The molecular formula is C14H19F2N. The number of hydrogen-bond acceptors (Lipinski definition) is 1. The van der Waals surface area contributed by atoms with Gasteiger partial charge < -0.3 is 4.90 Å². The first kappa shape index (κ1) is 12.5. The Hall–Kier alpha value is -0.960. The van der Waals surface area contributed by atoms with Crippen LogP contribution in [0.25, 0.3) is 0 Å². The van der Waals surface area contributed by atoms with Gasteiger partial charge in [0.15, 0.2) is 11.6 Å². The van der Waals surface area contributed by atoms with Crippen molar-refractivity contribution < 1.29 is 8.78 Å². The molecule has 1 aliphatic rings. The highest BCUT2D eigenvalue weighted by molar-refractivity contribution is 5.20. The van der Waals surface area contributed by atoms with E-state index in [2.05, 4.69) is 18.9 Å². The fraction of sp³-hybridized carbons (Fsp3) is 0.571. The maximum Gasteiger partial charge on any atom is 0.159 e. The molecule has 1 heterocycles. The number of halogens is 2. The largest absolute Gasteiger partial charge is 0.301 e. The molecule has 0 aromatic heterocycles. The van der Waals surface area contributed by atoms with Crippen molar-refractivity contribution in [2.24, 2.45) is 0 Å². The second-order valence-corrected chi connectivity index (χ2v) is 5.30. The van der Waals surface area contributed by atoms with Gasteiger partial charge in [0.25, 0.3) is 0 Å². The summed E-state index contributed by atoms with van der Waals surface area (Å²) in [5.74, 6) is -1.51. The Labute approximate surface area is 101 Å². The fourth-order valence-electron chi connectivity index (χ4n) is 2.63. The molecule has 1 atom stereocenters. The smallest absolute Gasteiger partial charge is 0.159 e. The summed E-state index contributed by atoms with van der Waals surface area (Å²) in [4.78, 5) is 2.33. The number of likely N-dealkylation sites (N-methyl/N-ethyl adjacent to an activating group) is 1. The van der Waals surface area contributed by atoms with Gasteiger partial charge in [-0.15, -0.1) is 0 Å². The van der Waals surface area contributed by atoms with E-state index in [4.69, 9.17) is 0 Å². The molecule has 1 fully saturated rings. The Kier molecular flexibility index (Phi) is 3.48.